The fourth-order valence-corrected chi connectivity index (χ4v) is 3.50. The third-order valence-corrected chi connectivity index (χ3v) is 4.87. The molecule has 2 aliphatic heterocycles. The molecule has 0 aromatic carbocycles. The average Bonchev–Trinajstić information content (AvgIpc) is 3.08. The minimum absolute atomic E-state index is 0.225. The standard InChI is InChI=1S/C15H27NO3/c1-12(13-5-8-17-10-13)16-9-14-11-18-15(19-14)6-3-2-4-7-15/h12-14,16H,2-11H2,1H3/t12-,13-,14+/m0/s1. The van der Waals surface area contributed by atoms with Crippen LogP contribution in [0.4, 0.5) is 0 Å². The first kappa shape index (κ1) is 13.8. The molecule has 0 aromatic rings. The van der Waals surface area contributed by atoms with Crippen LogP contribution < -0.4 is 5.32 Å². The molecular weight excluding hydrogens is 242 g/mol. The summed E-state index contributed by atoms with van der Waals surface area (Å²) in [5.41, 5.74) is 0. The molecule has 4 heteroatoms. The van der Waals surface area contributed by atoms with Crippen LogP contribution in [0, 0.1) is 5.92 Å². The topological polar surface area (TPSA) is 39.7 Å². The zero-order valence-electron chi connectivity index (χ0n) is 12.0. The van der Waals surface area contributed by atoms with E-state index in [1.807, 2.05) is 0 Å². The molecule has 4 nitrogen and oxygen atoms in total. The van der Waals surface area contributed by atoms with Crippen molar-refractivity contribution in [3.8, 4) is 0 Å². The second-order valence-electron chi connectivity index (χ2n) is 6.34. The number of hydrogen-bond acceptors (Lipinski definition) is 4. The fourth-order valence-electron chi connectivity index (χ4n) is 3.50. The van der Waals surface area contributed by atoms with Crippen molar-refractivity contribution in [3.63, 3.8) is 0 Å². The molecule has 1 spiro atoms. The Hall–Kier alpha value is -0.160. The first-order valence-electron chi connectivity index (χ1n) is 7.90. The van der Waals surface area contributed by atoms with Crippen LogP contribution in [-0.2, 0) is 14.2 Å². The molecule has 0 amide bonds. The van der Waals surface area contributed by atoms with E-state index in [4.69, 9.17) is 14.2 Å². The van der Waals surface area contributed by atoms with Gasteiger partial charge in [-0.1, -0.05) is 6.42 Å². The molecule has 2 heterocycles. The van der Waals surface area contributed by atoms with Crippen molar-refractivity contribution in [1.29, 1.82) is 0 Å². The minimum atomic E-state index is -0.232. The molecule has 1 saturated carbocycles. The summed E-state index contributed by atoms with van der Waals surface area (Å²) < 4.78 is 17.6. The minimum Gasteiger partial charge on any atom is -0.381 e. The number of hydrogen-bond donors (Lipinski definition) is 1. The maximum Gasteiger partial charge on any atom is 0.168 e. The van der Waals surface area contributed by atoms with Crippen molar-refractivity contribution in [2.45, 2.75) is 63.4 Å². The fraction of sp³-hybridized carbons (Fsp3) is 1.00. The van der Waals surface area contributed by atoms with Crippen LogP contribution in [0.1, 0.15) is 45.4 Å². The van der Waals surface area contributed by atoms with Gasteiger partial charge in [-0.3, -0.25) is 0 Å². The molecular formula is C15H27NO3. The van der Waals surface area contributed by atoms with Gasteiger partial charge in [0.15, 0.2) is 5.79 Å². The molecule has 0 aromatic heterocycles. The van der Waals surface area contributed by atoms with E-state index in [0.29, 0.717) is 12.0 Å². The average molecular weight is 269 g/mol. The lowest BCUT2D eigenvalue weighted by Crippen LogP contribution is -2.40. The Morgan fingerprint density at radius 2 is 2.05 bits per heavy atom. The monoisotopic (exact) mass is 269 g/mol. The summed E-state index contributed by atoms with van der Waals surface area (Å²) in [6, 6.07) is 0.508. The van der Waals surface area contributed by atoms with Gasteiger partial charge in [0.1, 0.15) is 0 Å². The van der Waals surface area contributed by atoms with Gasteiger partial charge in [0.2, 0.25) is 0 Å². The highest BCUT2D eigenvalue weighted by molar-refractivity contribution is 4.84. The lowest BCUT2D eigenvalue weighted by Gasteiger charge is -2.32. The van der Waals surface area contributed by atoms with E-state index in [1.165, 1.54) is 25.7 Å². The van der Waals surface area contributed by atoms with E-state index in [2.05, 4.69) is 12.2 Å². The largest absolute Gasteiger partial charge is 0.381 e. The van der Waals surface area contributed by atoms with E-state index in [9.17, 15) is 0 Å². The van der Waals surface area contributed by atoms with E-state index < -0.39 is 0 Å². The van der Waals surface area contributed by atoms with Crippen molar-refractivity contribution in [1.82, 2.24) is 5.32 Å². The van der Waals surface area contributed by atoms with Crippen LogP contribution in [0.15, 0.2) is 0 Å². The van der Waals surface area contributed by atoms with Gasteiger partial charge in [-0.15, -0.1) is 0 Å². The van der Waals surface area contributed by atoms with Crippen LogP contribution in [-0.4, -0.2) is 44.3 Å². The van der Waals surface area contributed by atoms with E-state index in [0.717, 1.165) is 39.2 Å². The second-order valence-corrected chi connectivity index (χ2v) is 6.34. The smallest absolute Gasteiger partial charge is 0.168 e. The highest BCUT2D eigenvalue weighted by atomic mass is 16.7. The normalized spacial score (nSPS) is 35.8. The van der Waals surface area contributed by atoms with Crippen LogP contribution in [0.3, 0.4) is 0 Å². The zero-order valence-corrected chi connectivity index (χ0v) is 12.0. The van der Waals surface area contributed by atoms with Gasteiger partial charge in [-0.05, 0) is 32.1 Å². The highest BCUT2D eigenvalue weighted by Crippen LogP contribution is 2.37. The van der Waals surface area contributed by atoms with Crippen LogP contribution >= 0.6 is 0 Å². The lowest BCUT2D eigenvalue weighted by atomic mass is 9.94. The van der Waals surface area contributed by atoms with Gasteiger partial charge < -0.3 is 19.5 Å². The molecule has 0 unspecified atom stereocenters. The third kappa shape index (κ3) is 3.30. The molecule has 3 atom stereocenters. The Bertz CT molecular complexity index is 285. The zero-order chi connectivity index (χ0) is 13.1. The van der Waals surface area contributed by atoms with Gasteiger partial charge in [0.05, 0.1) is 19.3 Å². The summed E-state index contributed by atoms with van der Waals surface area (Å²) in [6.45, 7) is 5.73. The summed E-state index contributed by atoms with van der Waals surface area (Å²) in [5, 5.41) is 3.60. The molecule has 3 aliphatic rings. The third-order valence-electron chi connectivity index (χ3n) is 4.87. The second kappa shape index (κ2) is 6.08. The number of ether oxygens (including phenoxy) is 3. The first-order chi connectivity index (χ1) is 9.27. The molecule has 3 rings (SSSR count). The predicted octanol–water partition coefficient (Wildman–Crippen LogP) is 2.08. The van der Waals surface area contributed by atoms with E-state index in [-0.39, 0.29) is 11.9 Å². The van der Waals surface area contributed by atoms with Gasteiger partial charge in [-0.2, -0.15) is 0 Å². The summed E-state index contributed by atoms with van der Waals surface area (Å²) in [7, 11) is 0. The SMILES string of the molecule is C[C@H](NC[C@@H]1COC2(CCCCC2)O1)[C@H]1CCOC1. The molecule has 1 aliphatic carbocycles. The Morgan fingerprint density at radius 1 is 1.21 bits per heavy atom. The summed E-state index contributed by atoms with van der Waals surface area (Å²) >= 11 is 0. The molecule has 110 valence electrons. The Labute approximate surface area is 116 Å². The highest BCUT2D eigenvalue weighted by Gasteiger charge is 2.42. The molecule has 0 bridgehead atoms. The van der Waals surface area contributed by atoms with E-state index >= 15 is 0 Å². The molecule has 19 heavy (non-hydrogen) atoms. The van der Waals surface area contributed by atoms with Gasteiger partial charge in [-0.25, -0.2) is 0 Å². The predicted molar refractivity (Wildman–Crippen MR) is 73.0 cm³/mol. The summed E-state index contributed by atoms with van der Waals surface area (Å²) in [6.07, 6.45) is 7.38. The van der Waals surface area contributed by atoms with Crippen molar-refractivity contribution >= 4 is 0 Å². The Balaban J connectivity index is 1.41. The van der Waals surface area contributed by atoms with Gasteiger partial charge >= 0.3 is 0 Å². The van der Waals surface area contributed by atoms with Crippen molar-refractivity contribution in [3.05, 3.63) is 0 Å². The van der Waals surface area contributed by atoms with Crippen molar-refractivity contribution < 1.29 is 14.2 Å². The number of nitrogens with one attached hydrogen (secondary N) is 1. The summed E-state index contributed by atoms with van der Waals surface area (Å²) in [4.78, 5) is 0. The van der Waals surface area contributed by atoms with Crippen LogP contribution in [0.25, 0.3) is 0 Å². The summed E-state index contributed by atoms with van der Waals surface area (Å²) in [5.74, 6) is 0.426. The molecule has 2 saturated heterocycles. The van der Waals surface area contributed by atoms with Gasteiger partial charge in [0.25, 0.3) is 0 Å². The molecule has 0 radical (unpaired) electrons. The first-order valence-corrected chi connectivity index (χ1v) is 7.90. The van der Waals surface area contributed by atoms with Gasteiger partial charge in [0, 0.05) is 32.0 Å². The lowest BCUT2D eigenvalue weighted by molar-refractivity contribution is -0.186. The molecule has 1 N–H and O–H groups in total. The van der Waals surface area contributed by atoms with E-state index in [1.54, 1.807) is 0 Å². The Morgan fingerprint density at radius 3 is 2.79 bits per heavy atom. The maximum atomic E-state index is 6.19. The Kier molecular flexibility index (Phi) is 4.42. The quantitative estimate of drug-likeness (QED) is 0.848. The van der Waals surface area contributed by atoms with Crippen LogP contribution in [0.2, 0.25) is 0 Å². The maximum absolute atomic E-state index is 6.19. The van der Waals surface area contributed by atoms with Crippen LogP contribution in [0.5, 0.6) is 0 Å². The number of rotatable bonds is 4. The van der Waals surface area contributed by atoms with Crippen molar-refractivity contribution in [2.75, 3.05) is 26.4 Å². The molecule has 3 fully saturated rings. The van der Waals surface area contributed by atoms with Crippen molar-refractivity contribution in [2.24, 2.45) is 5.92 Å².